The van der Waals surface area contributed by atoms with Gasteiger partial charge in [-0.3, -0.25) is 10.1 Å². The molecule has 0 saturated carbocycles. The van der Waals surface area contributed by atoms with Crippen LogP contribution in [-0.4, -0.2) is 16.3 Å². The van der Waals surface area contributed by atoms with E-state index in [0.717, 1.165) is 6.20 Å². The summed E-state index contributed by atoms with van der Waals surface area (Å²) in [5.74, 6) is -0.686. The Hall–Kier alpha value is -0.650. The maximum atomic E-state index is 12.0. The van der Waals surface area contributed by atoms with Crippen LogP contribution in [0.15, 0.2) is 6.20 Å². The van der Waals surface area contributed by atoms with Gasteiger partial charge in [0.1, 0.15) is 9.26 Å². The van der Waals surface area contributed by atoms with Crippen LogP contribution in [-0.2, 0) is 5.33 Å². The first-order chi connectivity index (χ1) is 7.76. The van der Waals surface area contributed by atoms with E-state index in [1.165, 1.54) is 22.6 Å². The van der Waals surface area contributed by atoms with E-state index in [-0.39, 0.29) is 14.6 Å². The van der Waals surface area contributed by atoms with Crippen LogP contribution in [0.1, 0.15) is 5.69 Å². The van der Waals surface area contributed by atoms with Crippen molar-refractivity contribution in [1.29, 1.82) is 0 Å². The molecule has 0 bridgehead atoms. The predicted molar refractivity (Wildman–Crippen MR) is 62.9 cm³/mol. The highest BCUT2D eigenvalue weighted by Gasteiger charge is 2.34. The average molecular weight is 427 g/mol. The summed E-state index contributed by atoms with van der Waals surface area (Å²) in [7, 11) is 0. The van der Waals surface area contributed by atoms with Gasteiger partial charge < -0.3 is 4.74 Å². The summed E-state index contributed by atoms with van der Waals surface area (Å²) in [6.07, 6.45) is -4.11. The smallest absolute Gasteiger partial charge is 0.403 e. The van der Waals surface area contributed by atoms with Crippen molar-refractivity contribution in [3.63, 3.8) is 0 Å². The van der Waals surface area contributed by atoms with E-state index < -0.39 is 22.7 Å². The maximum absolute atomic E-state index is 12.0. The number of rotatable bonds is 3. The molecule has 17 heavy (non-hydrogen) atoms. The van der Waals surface area contributed by atoms with Crippen LogP contribution in [0.2, 0.25) is 0 Å². The van der Waals surface area contributed by atoms with E-state index in [0.29, 0.717) is 0 Å². The molecule has 5 nitrogen and oxygen atoms in total. The van der Waals surface area contributed by atoms with Crippen LogP contribution in [0.25, 0.3) is 0 Å². The summed E-state index contributed by atoms with van der Waals surface area (Å²) < 4.78 is 39.4. The molecule has 0 unspecified atom stereocenters. The Labute approximate surface area is 115 Å². The van der Waals surface area contributed by atoms with Gasteiger partial charge in [-0.05, 0) is 22.6 Å². The van der Waals surface area contributed by atoms with Crippen LogP contribution in [0.4, 0.5) is 18.9 Å². The summed E-state index contributed by atoms with van der Waals surface area (Å²) in [5, 5.41) is 10.8. The molecule has 0 aliphatic heterocycles. The third-order valence-electron chi connectivity index (χ3n) is 1.57. The van der Waals surface area contributed by atoms with Gasteiger partial charge >= 0.3 is 12.0 Å². The Morgan fingerprint density at radius 1 is 1.59 bits per heavy atom. The predicted octanol–water partition coefficient (Wildman–Crippen LogP) is 3.39. The molecule has 0 aromatic carbocycles. The van der Waals surface area contributed by atoms with Crippen molar-refractivity contribution in [3.8, 4) is 5.75 Å². The lowest BCUT2D eigenvalue weighted by molar-refractivity contribution is -0.387. The zero-order valence-electron chi connectivity index (χ0n) is 7.79. The first-order valence-electron chi connectivity index (χ1n) is 3.89. The molecule has 0 saturated heterocycles. The van der Waals surface area contributed by atoms with Crippen molar-refractivity contribution in [2.45, 2.75) is 11.7 Å². The maximum Gasteiger partial charge on any atom is 0.573 e. The van der Waals surface area contributed by atoms with Crippen LogP contribution in [0.3, 0.4) is 0 Å². The van der Waals surface area contributed by atoms with Gasteiger partial charge in [-0.25, -0.2) is 4.98 Å². The number of halogens is 5. The van der Waals surface area contributed by atoms with Crippen LogP contribution < -0.4 is 4.74 Å². The fourth-order valence-electron chi connectivity index (χ4n) is 0.977. The quantitative estimate of drug-likeness (QED) is 0.321. The number of pyridine rings is 1. The van der Waals surface area contributed by atoms with Crippen molar-refractivity contribution in [3.05, 3.63) is 25.6 Å². The zero-order chi connectivity index (χ0) is 13.2. The van der Waals surface area contributed by atoms with Gasteiger partial charge in [-0.2, -0.15) is 0 Å². The molecule has 94 valence electrons. The Bertz CT molecular complexity index is 455. The molecular formula is C7H3BrF3IN2O3. The third-order valence-corrected chi connectivity index (χ3v) is 3.14. The van der Waals surface area contributed by atoms with Crippen LogP contribution >= 0.6 is 38.5 Å². The van der Waals surface area contributed by atoms with E-state index >= 15 is 0 Å². The molecule has 0 amide bonds. The fourth-order valence-corrected chi connectivity index (χ4v) is 2.14. The molecule has 0 aliphatic carbocycles. The molecule has 0 radical (unpaired) electrons. The van der Waals surface area contributed by atoms with E-state index in [1.807, 2.05) is 0 Å². The molecule has 1 aromatic heterocycles. The minimum Gasteiger partial charge on any atom is -0.403 e. The topological polar surface area (TPSA) is 65.3 Å². The van der Waals surface area contributed by atoms with Gasteiger partial charge in [0.05, 0.1) is 16.5 Å². The van der Waals surface area contributed by atoms with Crippen molar-refractivity contribution < 1.29 is 22.8 Å². The van der Waals surface area contributed by atoms with Gasteiger partial charge in [0.15, 0.2) is 5.75 Å². The van der Waals surface area contributed by atoms with Gasteiger partial charge in [0.25, 0.3) is 0 Å². The second-order valence-corrected chi connectivity index (χ2v) is 4.31. The Balaban J connectivity index is 3.28. The average Bonchev–Trinajstić information content (AvgIpc) is 2.18. The number of hydrogen-bond donors (Lipinski definition) is 0. The van der Waals surface area contributed by atoms with E-state index in [1.54, 1.807) is 0 Å². The Morgan fingerprint density at radius 3 is 2.59 bits per heavy atom. The zero-order valence-corrected chi connectivity index (χ0v) is 11.5. The highest BCUT2D eigenvalue weighted by Crippen LogP contribution is 2.35. The standard InChI is InChI=1S/C7H3BrF3IN2O3/c8-1-3-6(14(15)16)5(12)4(2-13-3)17-7(9,10)11/h2H,1H2. The lowest BCUT2D eigenvalue weighted by Gasteiger charge is -2.10. The molecule has 0 N–H and O–H groups in total. The molecule has 0 aliphatic rings. The number of alkyl halides is 4. The Morgan fingerprint density at radius 2 is 2.18 bits per heavy atom. The summed E-state index contributed by atoms with van der Waals surface area (Å²) in [5.41, 5.74) is -0.460. The molecule has 1 rings (SSSR count). The molecule has 1 aromatic rings. The monoisotopic (exact) mass is 426 g/mol. The van der Waals surface area contributed by atoms with Gasteiger partial charge in [0, 0.05) is 0 Å². The highest BCUT2D eigenvalue weighted by molar-refractivity contribution is 14.1. The molecule has 1 heterocycles. The molecule has 0 fully saturated rings. The normalized spacial score (nSPS) is 11.4. The fraction of sp³-hybridized carbons (Fsp3) is 0.286. The van der Waals surface area contributed by atoms with Crippen LogP contribution in [0.5, 0.6) is 5.75 Å². The second kappa shape index (κ2) is 5.33. The van der Waals surface area contributed by atoms with Gasteiger partial charge in [-0.15, -0.1) is 13.2 Å². The number of nitro groups is 1. The number of nitrogens with zero attached hydrogens (tertiary/aromatic N) is 2. The number of ether oxygens (including phenoxy) is 1. The summed E-state index contributed by atoms with van der Waals surface area (Å²) in [4.78, 5) is 13.5. The van der Waals surface area contributed by atoms with E-state index in [2.05, 4.69) is 25.7 Å². The molecule has 10 heteroatoms. The minimum absolute atomic E-state index is 0.0360. The van der Waals surface area contributed by atoms with E-state index in [4.69, 9.17) is 0 Å². The van der Waals surface area contributed by atoms with Gasteiger partial charge in [0.2, 0.25) is 0 Å². The SMILES string of the molecule is O=[N+]([O-])c1c(CBr)ncc(OC(F)(F)F)c1I. The second-order valence-electron chi connectivity index (χ2n) is 2.67. The van der Waals surface area contributed by atoms with Crippen LogP contribution in [0, 0.1) is 13.7 Å². The first kappa shape index (κ1) is 14.4. The molecule has 0 spiro atoms. The van der Waals surface area contributed by atoms with Gasteiger partial charge in [-0.1, -0.05) is 15.9 Å². The van der Waals surface area contributed by atoms with Crippen molar-refractivity contribution >= 4 is 44.2 Å². The Kier molecular flexibility index (Phi) is 4.52. The number of aromatic nitrogens is 1. The summed E-state index contributed by atoms with van der Waals surface area (Å²) in [6.45, 7) is 0. The summed E-state index contributed by atoms with van der Waals surface area (Å²) in [6, 6.07) is 0. The van der Waals surface area contributed by atoms with Crippen molar-refractivity contribution in [2.24, 2.45) is 0 Å². The largest absolute Gasteiger partial charge is 0.573 e. The van der Waals surface area contributed by atoms with Crippen molar-refractivity contribution in [1.82, 2.24) is 4.98 Å². The summed E-state index contributed by atoms with van der Waals surface area (Å²) >= 11 is 4.38. The minimum atomic E-state index is -4.91. The third kappa shape index (κ3) is 3.66. The lowest BCUT2D eigenvalue weighted by Crippen LogP contribution is -2.18. The van der Waals surface area contributed by atoms with E-state index in [9.17, 15) is 23.3 Å². The molecule has 0 atom stereocenters. The first-order valence-corrected chi connectivity index (χ1v) is 6.09. The highest BCUT2D eigenvalue weighted by atomic mass is 127. The lowest BCUT2D eigenvalue weighted by atomic mass is 10.3. The number of hydrogen-bond acceptors (Lipinski definition) is 4. The molecular weight excluding hydrogens is 424 g/mol. The van der Waals surface area contributed by atoms with Crippen molar-refractivity contribution in [2.75, 3.05) is 0 Å².